The molecule has 0 amide bonds. The average molecular weight is 196 g/mol. The lowest BCUT2D eigenvalue weighted by molar-refractivity contribution is 0.723. The van der Waals surface area contributed by atoms with Gasteiger partial charge in [0, 0.05) is 0 Å². The van der Waals surface area contributed by atoms with E-state index < -0.39 is 0 Å². The third-order valence-corrected chi connectivity index (χ3v) is 4.10. The highest BCUT2D eigenvalue weighted by molar-refractivity contribution is 14.2. The van der Waals surface area contributed by atoms with Crippen molar-refractivity contribution in [3.8, 4) is 0 Å². The van der Waals surface area contributed by atoms with Crippen molar-refractivity contribution in [2.75, 3.05) is 4.43 Å². The van der Waals surface area contributed by atoms with Gasteiger partial charge in [0.05, 0.1) is 0 Å². The molecule has 1 aliphatic rings. The Balaban J connectivity index is 2.32. The van der Waals surface area contributed by atoms with Gasteiger partial charge in [0.15, 0.2) is 0 Å². The fourth-order valence-corrected chi connectivity index (χ4v) is 3.31. The van der Waals surface area contributed by atoms with Crippen LogP contribution < -0.4 is 0 Å². The number of hydrogen-bond donors (Lipinski definition) is 0. The van der Waals surface area contributed by atoms with Crippen molar-refractivity contribution in [1.82, 2.24) is 0 Å². The van der Waals surface area contributed by atoms with Gasteiger partial charge in [0.25, 0.3) is 0 Å². The molecule has 0 spiro atoms. The lowest BCUT2D eigenvalue weighted by Crippen LogP contribution is -1.87. The molecule has 1 aliphatic heterocycles. The summed E-state index contributed by atoms with van der Waals surface area (Å²) in [6.45, 7) is 2.34. The third-order valence-electron chi connectivity index (χ3n) is 0.953. The number of halogens is 1. The van der Waals surface area contributed by atoms with Crippen LogP contribution in [0.4, 0.5) is 0 Å². The van der Waals surface area contributed by atoms with E-state index in [2.05, 4.69) is 10.9 Å². The van der Waals surface area contributed by atoms with Gasteiger partial charge < -0.3 is 0 Å². The minimum absolute atomic E-state index is 0.577. The minimum atomic E-state index is 0.577. The van der Waals surface area contributed by atoms with E-state index >= 15 is 0 Å². The Labute approximate surface area is 48.7 Å². The molecule has 0 aromatic heterocycles. The molecule has 6 heavy (non-hydrogen) atoms. The summed E-state index contributed by atoms with van der Waals surface area (Å²) in [7, 11) is 0. The van der Waals surface area contributed by atoms with Gasteiger partial charge in [-0.1, -0.05) is 10.9 Å². The highest BCUT2D eigenvalue weighted by Crippen LogP contribution is 2.16. The van der Waals surface area contributed by atoms with Crippen LogP contribution in [0.25, 0.3) is 0 Å². The monoisotopic (exact) mass is 196 g/mol. The third kappa shape index (κ3) is 1.03. The lowest BCUT2D eigenvalue weighted by atomic mass is 10.2. The summed E-state index contributed by atoms with van der Waals surface area (Å²) in [4.78, 5) is 0. The van der Waals surface area contributed by atoms with Crippen LogP contribution in [0.15, 0.2) is 0 Å². The van der Waals surface area contributed by atoms with Crippen LogP contribution in [-0.4, -0.2) is 8.44 Å². The molecular formula is C5H9I. The van der Waals surface area contributed by atoms with Crippen molar-refractivity contribution in [2.45, 2.75) is 13.3 Å². The molecular weight excluding hydrogens is 187 g/mol. The first kappa shape index (κ1) is 4.75. The van der Waals surface area contributed by atoms with Crippen LogP contribution >= 0.6 is 20.7 Å². The molecule has 1 heterocycles. The van der Waals surface area contributed by atoms with Gasteiger partial charge >= 0.3 is 0 Å². The largest absolute Gasteiger partial charge is 0.127 e. The Morgan fingerprint density at radius 3 is 2.83 bits per heavy atom. The number of alkyl halides is 1. The number of rotatable bonds is 0. The van der Waals surface area contributed by atoms with Gasteiger partial charge in [0.2, 0.25) is 0 Å². The quantitative estimate of drug-likeness (QED) is 0.409. The van der Waals surface area contributed by atoms with Crippen LogP contribution in [0, 0.1) is 5.92 Å². The summed E-state index contributed by atoms with van der Waals surface area (Å²) < 4.78 is 4.03. The molecule has 0 radical (unpaired) electrons. The Kier molecular flexibility index (Phi) is 1.62. The van der Waals surface area contributed by atoms with Crippen molar-refractivity contribution in [3.05, 3.63) is 0 Å². The first-order valence-corrected chi connectivity index (χ1v) is 5.06. The fourth-order valence-electron chi connectivity index (χ4n) is 0.493. The van der Waals surface area contributed by atoms with E-state index in [1.54, 1.807) is 4.43 Å². The summed E-state index contributed by atoms with van der Waals surface area (Å²) in [5.41, 5.74) is 0. The van der Waals surface area contributed by atoms with Gasteiger partial charge in [-0.3, -0.25) is 0 Å². The Morgan fingerprint density at radius 2 is 2.67 bits per heavy atom. The van der Waals surface area contributed by atoms with E-state index in [1.165, 1.54) is 6.42 Å². The maximum atomic E-state index is 2.49. The summed E-state index contributed by atoms with van der Waals surface area (Å²) in [5.74, 6) is 1.04. The van der Waals surface area contributed by atoms with Crippen molar-refractivity contribution in [3.63, 3.8) is 0 Å². The fraction of sp³-hybridized carbons (Fsp3) is 0.800. The van der Waals surface area contributed by atoms with Gasteiger partial charge in [-0.15, -0.1) is 20.7 Å². The molecule has 36 valence electrons. The topological polar surface area (TPSA) is 0 Å². The van der Waals surface area contributed by atoms with Crippen molar-refractivity contribution >= 4 is 24.7 Å². The van der Waals surface area contributed by atoms with Crippen molar-refractivity contribution in [2.24, 2.45) is 5.92 Å². The summed E-state index contributed by atoms with van der Waals surface area (Å²) in [6.07, 6.45) is 1.41. The zero-order valence-corrected chi connectivity index (χ0v) is 6.10. The molecule has 0 N–H and O–H groups in total. The Bertz CT molecular complexity index is 58.3. The molecule has 0 saturated heterocycles. The Morgan fingerprint density at radius 1 is 1.83 bits per heavy atom. The van der Waals surface area contributed by atoms with Crippen molar-refractivity contribution in [1.29, 1.82) is 0 Å². The molecule has 0 aliphatic carbocycles. The average Bonchev–Trinajstić information content (AvgIpc) is 1.86. The van der Waals surface area contributed by atoms with Crippen LogP contribution in [-0.2, 0) is 0 Å². The van der Waals surface area contributed by atoms with E-state index in [0.717, 1.165) is 5.92 Å². The maximum Gasteiger partial charge on any atom is -0.00263 e. The van der Waals surface area contributed by atoms with Gasteiger partial charge in [0.1, 0.15) is 0 Å². The smallest absolute Gasteiger partial charge is 0.00263 e. The first-order valence-electron chi connectivity index (χ1n) is 2.29. The second-order valence-corrected chi connectivity index (χ2v) is 4.45. The predicted molar refractivity (Wildman–Crippen MR) is 38.7 cm³/mol. The molecule has 1 unspecified atom stereocenters. The molecule has 0 aromatic rings. The Hall–Kier alpha value is 0.600. The zero-order valence-electron chi connectivity index (χ0n) is 3.95. The van der Waals surface area contributed by atoms with Crippen molar-refractivity contribution < 1.29 is 0 Å². The molecule has 0 saturated carbocycles. The van der Waals surface area contributed by atoms with Gasteiger partial charge in [-0.25, -0.2) is 0 Å². The normalized spacial score (nSPS) is 33.2. The summed E-state index contributed by atoms with van der Waals surface area (Å²) >= 11 is 0.577. The van der Waals surface area contributed by atoms with Crippen LogP contribution in [0.1, 0.15) is 13.3 Å². The van der Waals surface area contributed by atoms with E-state index in [1.807, 2.05) is 0 Å². The molecule has 0 aromatic carbocycles. The number of hydrogen-bond acceptors (Lipinski definition) is 0. The van der Waals surface area contributed by atoms with Crippen LogP contribution in [0.3, 0.4) is 0 Å². The molecule has 0 bridgehead atoms. The summed E-state index contributed by atoms with van der Waals surface area (Å²) in [6, 6.07) is 0. The standard InChI is InChI=1S/C5H9I/c1-5-2-3-6-4-5/h3,5H,2,4H2,1H3. The SMILES string of the molecule is CC1CC=IC1. The molecule has 1 rings (SSSR count). The first-order chi connectivity index (χ1) is 2.89. The highest BCUT2D eigenvalue weighted by atomic mass is 127. The minimum Gasteiger partial charge on any atom is -0.127 e. The van der Waals surface area contributed by atoms with Crippen LogP contribution in [0.2, 0.25) is 0 Å². The van der Waals surface area contributed by atoms with Gasteiger partial charge in [-0.05, 0) is 16.8 Å². The highest BCUT2D eigenvalue weighted by Gasteiger charge is 2.00. The molecule has 0 fully saturated rings. The van der Waals surface area contributed by atoms with E-state index in [0.29, 0.717) is 20.7 Å². The zero-order chi connectivity index (χ0) is 4.41. The van der Waals surface area contributed by atoms with E-state index in [9.17, 15) is 0 Å². The molecule has 1 atom stereocenters. The van der Waals surface area contributed by atoms with Crippen LogP contribution in [0.5, 0.6) is 0 Å². The molecule has 1 heteroatoms. The predicted octanol–water partition coefficient (Wildman–Crippen LogP) is 1.80. The molecule has 0 nitrogen and oxygen atoms in total. The maximum absolute atomic E-state index is 2.49. The van der Waals surface area contributed by atoms with E-state index in [-0.39, 0.29) is 0 Å². The second-order valence-electron chi connectivity index (χ2n) is 1.80. The van der Waals surface area contributed by atoms with Gasteiger partial charge in [-0.2, -0.15) is 0 Å². The lowest BCUT2D eigenvalue weighted by Gasteiger charge is -1.91. The summed E-state index contributed by atoms with van der Waals surface area (Å²) in [5, 5.41) is 0. The van der Waals surface area contributed by atoms with E-state index in [4.69, 9.17) is 0 Å². The second kappa shape index (κ2) is 2.05.